The van der Waals surface area contributed by atoms with Crippen molar-refractivity contribution < 1.29 is 0 Å². The van der Waals surface area contributed by atoms with Crippen molar-refractivity contribution in [2.24, 2.45) is 0 Å². The molecule has 0 aromatic rings. The zero-order valence-corrected chi connectivity index (χ0v) is 9.90. The highest BCUT2D eigenvalue weighted by Crippen LogP contribution is 2.24. The number of hydrogen-bond acceptors (Lipinski definition) is 0. The third-order valence-electron chi connectivity index (χ3n) is 1.99. The van der Waals surface area contributed by atoms with Gasteiger partial charge in [0.2, 0.25) is 0 Å². The Balaban J connectivity index is 4.22. The Morgan fingerprint density at radius 3 is 1.54 bits per heavy atom. The van der Waals surface area contributed by atoms with Gasteiger partial charge in [0.15, 0.2) is 0 Å². The molecule has 0 amide bonds. The van der Waals surface area contributed by atoms with Gasteiger partial charge >= 0.3 is 0 Å². The van der Waals surface area contributed by atoms with Crippen LogP contribution < -0.4 is 0 Å². The van der Waals surface area contributed by atoms with Crippen molar-refractivity contribution in [3.8, 4) is 0 Å². The molecule has 0 fully saturated rings. The highest BCUT2D eigenvalue weighted by Gasteiger charge is 2.20. The Morgan fingerprint density at radius 1 is 1.00 bits per heavy atom. The van der Waals surface area contributed by atoms with Gasteiger partial charge in [0.05, 0.1) is 8.07 Å². The summed E-state index contributed by atoms with van der Waals surface area (Å²) < 4.78 is 0. The molecule has 0 bridgehead atoms. The summed E-state index contributed by atoms with van der Waals surface area (Å²) in [5.74, 6) is 0. The van der Waals surface area contributed by atoms with E-state index in [1.54, 1.807) is 0 Å². The maximum Gasteiger partial charge on any atom is 0.0560 e. The Kier molecular flexibility index (Phi) is 4.71. The molecule has 13 heavy (non-hydrogen) atoms. The third-order valence-corrected chi connectivity index (χ3v) is 4.81. The third kappa shape index (κ3) is 5.42. The van der Waals surface area contributed by atoms with E-state index in [1.807, 2.05) is 12.2 Å². The van der Waals surface area contributed by atoms with Gasteiger partial charge in [-0.25, -0.2) is 0 Å². The smallest absolute Gasteiger partial charge is 0.0560 e. The minimum Gasteiger partial charge on any atom is -0.0988 e. The lowest BCUT2D eigenvalue weighted by Gasteiger charge is -2.22. The van der Waals surface area contributed by atoms with E-state index in [4.69, 9.17) is 0 Å². The summed E-state index contributed by atoms with van der Waals surface area (Å²) in [6.45, 7) is 20.0. The summed E-state index contributed by atoms with van der Waals surface area (Å²) in [6, 6.07) is 2.20. The molecule has 0 saturated carbocycles. The Bertz CT molecular complexity index is 210. The van der Waals surface area contributed by atoms with Crippen molar-refractivity contribution in [2.75, 3.05) is 0 Å². The molecule has 0 radical (unpaired) electrons. The van der Waals surface area contributed by atoms with Crippen LogP contribution in [0.15, 0.2) is 49.6 Å². The van der Waals surface area contributed by atoms with E-state index in [-0.39, 0.29) is 0 Å². The minimum absolute atomic E-state index is 1.10. The molecule has 0 atom stereocenters. The largest absolute Gasteiger partial charge is 0.0988 e. The van der Waals surface area contributed by atoms with Crippen LogP contribution in [-0.2, 0) is 0 Å². The summed E-state index contributed by atoms with van der Waals surface area (Å²) in [5.41, 5.74) is 2.29. The van der Waals surface area contributed by atoms with Gasteiger partial charge in [0.1, 0.15) is 0 Å². The number of rotatable bonds is 6. The lowest BCUT2D eigenvalue weighted by atomic mass is 10.3. The average molecular weight is 192 g/mol. The highest BCUT2D eigenvalue weighted by molar-refractivity contribution is 6.78. The zero-order valence-electron chi connectivity index (χ0n) is 8.90. The van der Waals surface area contributed by atoms with Crippen molar-refractivity contribution in [2.45, 2.75) is 25.2 Å². The second kappa shape index (κ2) is 5.03. The molecule has 72 valence electrons. The van der Waals surface area contributed by atoms with E-state index in [1.165, 1.54) is 0 Å². The molecular weight excluding hydrogens is 172 g/mol. The first-order valence-electron chi connectivity index (χ1n) is 4.52. The van der Waals surface area contributed by atoms with Crippen molar-refractivity contribution in [3.05, 3.63) is 49.6 Å². The molecule has 0 aliphatic rings. The van der Waals surface area contributed by atoms with Gasteiger partial charge in [0.25, 0.3) is 0 Å². The maximum absolute atomic E-state index is 3.95. The fraction of sp³-hybridized carbons (Fsp3) is 0.333. The van der Waals surface area contributed by atoms with Crippen molar-refractivity contribution >= 4 is 8.07 Å². The van der Waals surface area contributed by atoms with Gasteiger partial charge < -0.3 is 0 Å². The van der Waals surface area contributed by atoms with Crippen LogP contribution in [-0.4, -0.2) is 8.07 Å². The van der Waals surface area contributed by atoms with Crippen molar-refractivity contribution in [1.82, 2.24) is 0 Å². The first-order chi connectivity index (χ1) is 5.91. The van der Waals surface area contributed by atoms with E-state index < -0.39 is 8.07 Å². The van der Waals surface area contributed by atoms with Gasteiger partial charge in [-0.15, -0.1) is 0 Å². The lowest BCUT2D eigenvalue weighted by molar-refractivity contribution is 1.33. The number of hydrogen-bond donors (Lipinski definition) is 0. The molecule has 0 heterocycles. The molecule has 0 aromatic heterocycles. The topological polar surface area (TPSA) is 0 Å². The van der Waals surface area contributed by atoms with Gasteiger partial charge in [-0.3, -0.25) is 0 Å². The molecule has 0 unspecified atom stereocenters. The summed E-state index contributed by atoms with van der Waals surface area (Å²) >= 11 is 0. The van der Waals surface area contributed by atoms with E-state index >= 15 is 0 Å². The molecule has 0 N–H and O–H groups in total. The van der Waals surface area contributed by atoms with Crippen LogP contribution in [0.2, 0.25) is 25.2 Å². The fourth-order valence-electron chi connectivity index (χ4n) is 1.44. The van der Waals surface area contributed by atoms with Crippen LogP contribution in [0.4, 0.5) is 0 Å². The predicted octanol–water partition coefficient (Wildman–Crippen LogP) is 4.18. The van der Waals surface area contributed by atoms with Crippen LogP contribution in [0, 0.1) is 0 Å². The normalized spacial score (nSPS) is 10.6. The van der Waals surface area contributed by atoms with Crippen LogP contribution in [0.25, 0.3) is 0 Å². The monoisotopic (exact) mass is 192 g/mol. The molecule has 0 aliphatic heterocycles. The van der Waals surface area contributed by atoms with E-state index in [0.717, 1.165) is 23.2 Å². The summed E-state index contributed by atoms with van der Waals surface area (Å²) in [7, 11) is -1.21. The van der Waals surface area contributed by atoms with Crippen LogP contribution in [0.3, 0.4) is 0 Å². The first-order valence-corrected chi connectivity index (χ1v) is 7.93. The van der Waals surface area contributed by atoms with Gasteiger partial charge in [0, 0.05) is 0 Å². The Labute approximate surface area is 83.4 Å². The molecule has 0 aliphatic carbocycles. The molecule has 0 rings (SSSR count). The first kappa shape index (κ1) is 12.2. The average Bonchev–Trinajstić information content (AvgIpc) is 2.02. The molecule has 0 aromatic carbocycles. The van der Waals surface area contributed by atoms with Crippen LogP contribution in [0.1, 0.15) is 0 Å². The summed E-state index contributed by atoms with van der Waals surface area (Å²) in [5, 5.41) is 0. The molecular formula is C12H20Si. The van der Waals surface area contributed by atoms with E-state index in [0.29, 0.717) is 0 Å². The highest BCUT2D eigenvalue weighted by atomic mass is 28.3. The predicted molar refractivity (Wildman–Crippen MR) is 65.8 cm³/mol. The lowest BCUT2D eigenvalue weighted by Crippen LogP contribution is -2.25. The summed E-state index contributed by atoms with van der Waals surface area (Å²) in [4.78, 5) is 0. The van der Waals surface area contributed by atoms with Gasteiger partial charge in [-0.05, 0) is 12.1 Å². The van der Waals surface area contributed by atoms with Crippen molar-refractivity contribution in [1.29, 1.82) is 0 Å². The molecule has 1 heteroatoms. The molecule has 0 nitrogen and oxygen atoms in total. The molecule has 0 saturated heterocycles. The second-order valence-corrected chi connectivity index (χ2v) is 9.28. The van der Waals surface area contributed by atoms with Gasteiger partial charge in [-0.1, -0.05) is 62.7 Å². The zero-order chi connectivity index (χ0) is 10.5. The number of allylic oxidation sites excluding steroid dienone is 4. The van der Waals surface area contributed by atoms with Crippen LogP contribution in [0.5, 0.6) is 0 Å². The minimum atomic E-state index is -1.21. The summed E-state index contributed by atoms with van der Waals surface area (Å²) in [6.07, 6.45) is 3.71. The van der Waals surface area contributed by atoms with Crippen LogP contribution >= 0.6 is 0 Å². The Morgan fingerprint density at radius 2 is 1.31 bits per heavy atom. The second-order valence-electron chi connectivity index (χ2n) is 4.24. The quantitative estimate of drug-likeness (QED) is 0.437. The van der Waals surface area contributed by atoms with Gasteiger partial charge in [-0.2, -0.15) is 0 Å². The standard InChI is InChI=1S/C12H20Si/c1-7-11(3)9-13(5,6)10-12(4)8-2/h7-8H,1-4,9-10H2,5-6H3. The van der Waals surface area contributed by atoms with Crippen molar-refractivity contribution in [3.63, 3.8) is 0 Å². The fourth-order valence-corrected chi connectivity index (χ4v) is 4.31. The van der Waals surface area contributed by atoms with E-state index in [9.17, 15) is 0 Å². The Hall–Kier alpha value is -0.823. The molecule has 0 spiro atoms. The van der Waals surface area contributed by atoms with E-state index in [2.05, 4.69) is 39.4 Å². The SMILES string of the molecule is C=CC(=C)C[Si](C)(C)CC(=C)C=C. The maximum atomic E-state index is 3.95.